The highest BCUT2D eigenvalue weighted by atomic mass is 32.2. The summed E-state index contributed by atoms with van der Waals surface area (Å²) in [5, 5.41) is 7.75. The van der Waals surface area contributed by atoms with Crippen molar-refractivity contribution in [3.05, 3.63) is 59.2 Å². The second kappa shape index (κ2) is 7.56. The van der Waals surface area contributed by atoms with E-state index < -0.39 is 19.9 Å². The van der Waals surface area contributed by atoms with Gasteiger partial charge >= 0.3 is 0 Å². The standard InChI is InChI=1S/C17H20N2O5S2/c1-12-3-6-14(11-16(12)25(2,21)22)17(20)19-10-9-13-4-7-15(8-5-13)26(18,23)24/h3-8,11H,9-10H2,1-2H3,(H,19,20)(H2,18,23,24). The first-order valence-corrected chi connectivity index (χ1v) is 11.1. The third-order valence-corrected chi connectivity index (χ3v) is 5.97. The SMILES string of the molecule is Cc1ccc(C(=O)NCCc2ccc(S(N)(=O)=O)cc2)cc1S(C)(=O)=O. The minimum absolute atomic E-state index is 0.0262. The molecule has 26 heavy (non-hydrogen) atoms. The molecule has 0 saturated heterocycles. The van der Waals surface area contributed by atoms with E-state index >= 15 is 0 Å². The molecule has 2 rings (SSSR count). The van der Waals surface area contributed by atoms with Crippen molar-refractivity contribution >= 4 is 25.8 Å². The number of sulfonamides is 1. The molecule has 3 N–H and O–H groups in total. The Kier molecular flexibility index (Phi) is 5.84. The van der Waals surface area contributed by atoms with Gasteiger partial charge in [0.2, 0.25) is 10.0 Å². The summed E-state index contributed by atoms with van der Waals surface area (Å²) in [4.78, 5) is 12.4. The largest absolute Gasteiger partial charge is 0.352 e. The monoisotopic (exact) mass is 396 g/mol. The zero-order valence-electron chi connectivity index (χ0n) is 14.4. The van der Waals surface area contributed by atoms with Crippen LogP contribution in [0.3, 0.4) is 0 Å². The number of sulfone groups is 1. The lowest BCUT2D eigenvalue weighted by atomic mass is 10.1. The Hall–Kier alpha value is -2.23. The molecule has 0 aliphatic carbocycles. The van der Waals surface area contributed by atoms with Crippen LogP contribution in [0.1, 0.15) is 21.5 Å². The summed E-state index contributed by atoms with van der Waals surface area (Å²) in [6.45, 7) is 1.99. The molecule has 0 aliphatic heterocycles. The Balaban J connectivity index is 2.01. The zero-order valence-corrected chi connectivity index (χ0v) is 16.0. The molecule has 1 amide bonds. The molecule has 0 fully saturated rings. The van der Waals surface area contributed by atoms with Crippen LogP contribution in [0, 0.1) is 6.92 Å². The summed E-state index contributed by atoms with van der Waals surface area (Å²) < 4.78 is 45.9. The molecule has 0 radical (unpaired) electrons. The molecule has 7 nitrogen and oxygen atoms in total. The molecule has 2 aromatic carbocycles. The van der Waals surface area contributed by atoms with Gasteiger partial charge in [-0.05, 0) is 48.7 Å². The van der Waals surface area contributed by atoms with E-state index in [1.165, 1.54) is 18.2 Å². The van der Waals surface area contributed by atoms with E-state index in [-0.39, 0.29) is 21.3 Å². The lowest BCUT2D eigenvalue weighted by molar-refractivity contribution is 0.0954. The van der Waals surface area contributed by atoms with Gasteiger partial charge in [0.25, 0.3) is 5.91 Å². The van der Waals surface area contributed by atoms with Gasteiger partial charge in [-0.25, -0.2) is 22.0 Å². The predicted molar refractivity (Wildman–Crippen MR) is 98.1 cm³/mol. The van der Waals surface area contributed by atoms with E-state index in [4.69, 9.17) is 5.14 Å². The van der Waals surface area contributed by atoms with Crippen LogP contribution in [0.15, 0.2) is 52.3 Å². The Bertz CT molecular complexity index is 1030. The quantitative estimate of drug-likeness (QED) is 0.754. The van der Waals surface area contributed by atoms with Crippen LogP contribution >= 0.6 is 0 Å². The number of hydrogen-bond acceptors (Lipinski definition) is 5. The van der Waals surface area contributed by atoms with Gasteiger partial charge in [0, 0.05) is 18.4 Å². The first-order valence-electron chi connectivity index (χ1n) is 7.69. The average Bonchev–Trinajstić information content (AvgIpc) is 2.53. The number of rotatable bonds is 6. The highest BCUT2D eigenvalue weighted by molar-refractivity contribution is 7.90. The maximum absolute atomic E-state index is 12.2. The maximum atomic E-state index is 12.2. The van der Waals surface area contributed by atoms with Gasteiger partial charge < -0.3 is 5.32 Å². The molecule has 0 aliphatic rings. The lowest BCUT2D eigenvalue weighted by Crippen LogP contribution is -2.26. The van der Waals surface area contributed by atoms with Gasteiger partial charge in [0.1, 0.15) is 0 Å². The zero-order chi connectivity index (χ0) is 19.5. The summed E-state index contributed by atoms with van der Waals surface area (Å²) in [5.74, 6) is -0.379. The van der Waals surface area contributed by atoms with Crippen molar-refractivity contribution in [3.8, 4) is 0 Å². The summed E-state index contributed by atoms with van der Waals surface area (Å²) in [5.41, 5.74) is 1.68. The number of primary sulfonamides is 1. The van der Waals surface area contributed by atoms with Crippen molar-refractivity contribution in [2.75, 3.05) is 12.8 Å². The third-order valence-electron chi connectivity index (χ3n) is 3.80. The minimum Gasteiger partial charge on any atom is -0.352 e. The number of hydrogen-bond donors (Lipinski definition) is 2. The van der Waals surface area contributed by atoms with Gasteiger partial charge in [-0.1, -0.05) is 18.2 Å². The van der Waals surface area contributed by atoms with Crippen LogP contribution in [-0.4, -0.2) is 35.5 Å². The smallest absolute Gasteiger partial charge is 0.251 e. The minimum atomic E-state index is -3.73. The molecular formula is C17H20N2O5S2. The van der Waals surface area contributed by atoms with Crippen molar-refractivity contribution in [1.29, 1.82) is 0 Å². The van der Waals surface area contributed by atoms with E-state index in [2.05, 4.69) is 5.32 Å². The Morgan fingerprint density at radius 2 is 1.65 bits per heavy atom. The molecule has 2 aromatic rings. The number of benzene rings is 2. The normalized spacial score (nSPS) is 12.0. The summed E-state index contributed by atoms with van der Waals surface area (Å²) >= 11 is 0. The van der Waals surface area contributed by atoms with E-state index in [1.54, 1.807) is 31.2 Å². The average molecular weight is 396 g/mol. The maximum Gasteiger partial charge on any atom is 0.251 e. The van der Waals surface area contributed by atoms with Crippen molar-refractivity contribution in [1.82, 2.24) is 5.32 Å². The summed E-state index contributed by atoms with van der Waals surface area (Å²) in [6.07, 6.45) is 1.59. The molecule has 9 heteroatoms. The first kappa shape index (κ1) is 20.1. The van der Waals surface area contributed by atoms with E-state index in [0.717, 1.165) is 11.8 Å². The van der Waals surface area contributed by atoms with Crippen LogP contribution in [-0.2, 0) is 26.3 Å². The number of amides is 1. The van der Waals surface area contributed by atoms with E-state index in [9.17, 15) is 21.6 Å². The molecule has 0 atom stereocenters. The highest BCUT2D eigenvalue weighted by Crippen LogP contribution is 2.17. The topological polar surface area (TPSA) is 123 Å². The molecule has 0 spiro atoms. The highest BCUT2D eigenvalue weighted by Gasteiger charge is 2.14. The van der Waals surface area contributed by atoms with Crippen LogP contribution in [0.2, 0.25) is 0 Å². The van der Waals surface area contributed by atoms with E-state index in [1.807, 2.05) is 0 Å². The summed E-state index contributed by atoms with van der Waals surface area (Å²) in [6, 6.07) is 10.6. The van der Waals surface area contributed by atoms with Gasteiger partial charge in [0.05, 0.1) is 9.79 Å². The van der Waals surface area contributed by atoms with E-state index in [0.29, 0.717) is 18.5 Å². The molecule has 0 unspecified atom stereocenters. The lowest BCUT2D eigenvalue weighted by Gasteiger charge is -2.09. The Morgan fingerprint density at radius 1 is 1.04 bits per heavy atom. The number of nitrogens with two attached hydrogens (primary N) is 1. The number of nitrogens with one attached hydrogen (secondary N) is 1. The van der Waals surface area contributed by atoms with Crippen LogP contribution in [0.25, 0.3) is 0 Å². The molecular weight excluding hydrogens is 376 g/mol. The second-order valence-electron chi connectivity index (χ2n) is 5.95. The molecule has 140 valence electrons. The van der Waals surface area contributed by atoms with Crippen molar-refractivity contribution in [2.45, 2.75) is 23.1 Å². The van der Waals surface area contributed by atoms with Crippen molar-refractivity contribution in [2.24, 2.45) is 5.14 Å². The fraction of sp³-hybridized carbons (Fsp3) is 0.235. The van der Waals surface area contributed by atoms with Crippen LogP contribution < -0.4 is 10.5 Å². The van der Waals surface area contributed by atoms with Crippen molar-refractivity contribution in [3.63, 3.8) is 0 Å². The third kappa shape index (κ3) is 5.13. The molecule has 0 aromatic heterocycles. The second-order valence-corrected chi connectivity index (χ2v) is 9.49. The molecule has 0 bridgehead atoms. The first-order chi connectivity index (χ1) is 12.0. The van der Waals surface area contributed by atoms with Gasteiger partial charge in [-0.2, -0.15) is 0 Å². The fourth-order valence-electron chi connectivity index (χ4n) is 2.41. The Labute approximate surface area is 153 Å². The van der Waals surface area contributed by atoms with Gasteiger partial charge in [0.15, 0.2) is 9.84 Å². The Morgan fingerprint density at radius 3 is 2.19 bits per heavy atom. The van der Waals surface area contributed by atoms with Crippen LogP contribution in [0.4, 0.5) is 0 Å². The van der Waals surface area contributed by atoms with Gasteiger partial charge in [-0.3, -0.25) is 4.79 Å². The molecule has 0 heterocycles. The van der Waals surface area contributed by atoms with Crippen molar-refractivity contribution < 1.29 is 21.6 Å². The number of carbonyl (C=O) groups excluding carboxylic acids is 1. The molecule has 0 saturated carbocycles. The fourth-order valence-corrected chi connectivity index (χ4v) is 3.92. The predicted octanol–water partition coefficient (Wildman–Crippen LogP) is 1.02. The number of aryl methyl sites for hydroxylation is 1. The van der Waals surface area contributed by atoms with Gasteiger partial charge in [-0.15, -0.1) is 0 Å². The van der Waals surface area contributed by atoms with Crippen LogP contribution in [0.5, 0.6) is 0 Å². The number of carbonyl (C=O) groups is 1. The summed E-state index contributed by atoms with van der Waals surface area (Å²) in [7, 11) is -7.14.